The number of hydrogen-bond acceptors (Lipinski definition) is 5. The molecule has 0 radical (unpaired) electrons. The fraction of sp³-hybridized carbons (Fsp3) is 0.562. The van der Waals surface area contributed by atoms with Gasteiger partial charge in [0.1, 0.15) is 5.75 Å². The molecule has 1 aromatic carbocycles. The lowest BCUT2D eigenvalue weighted by Gasteiger charge is -2.19. The molecule has 3 N–H and O–H groups in total. The third kappa shape index (κ3) is 5.36. The van der Waals surface area contributed by atoms with Crippen LogP contribution in [0.2, 0.25) is 0 Å². The quantitative estimate of drug-likeness (QED) is 0.714. The Morgan fingerprint density at radius 2 is 1.92 bits per heavy atom. The van der Waals surface area contributed by atoms with Crippen molar-refractivity contribution in [3.05, 3.63) is 24.3 Å². The van der Waals surface area contributed by atoms with Crippen LogP contribution in [0.3, 0.4) is 0 Å². The molecule has 0 aliphatic heterocycles. The molecule has 0 heterocycles. The van der Waals surface area contributed by atoms with E-state index in [9.17, 15) is 13.2 Å². The van der Waals surface area contributed by atoms with Gasteiger partial charge in [0.25, 0.3) is 0 Å². The van der Waals surface area contributed by atoms with Crippen LogP contribution in [0.5, 0.6) is 5.75 Å². The molecule has 0 bridgehead atoms. The molecule has 1 saturated carbocycles. The normalized spacial score (nSPS) is 16.6. The van der Waals surface area contributed by atoms with Gasteiger partial charge in [-0.3, -0.25) is 4.79 Å². The molecule has 1 aromatic rings. The van der Waals surface area contributed by atoms with E-state index in [4.69, 9.17) is 10.5 Å². The van der Waals surface area contributed by atoms with Gasteiger partial charge in [0.15, 0.2) is 9.84 Å². The van der Waals surface area contributed by atoms with Crippen molar-refractivity contribution in [1.82, 2.24) is 5.32 Å². The Morgan fingerprint density at radius 3 is 2.38 bits per heavy atom. The van der Waals surface area contributed by atoms with Gasteiger partial charge in [-0.15, -0.1) is 12.4 Å². The van der Waals surface area contributed by atoms with Crippen LogP contribution in [0.1, 0.15) is 19.8 Å². The maximum atomic E-state index is 12.4. The minimum absolute atomic E-state index is 0. The Morgan fingerprint density at radius 1 is 1.33 bits per heavy atom. The fourth-order valence-electron chi connectivity index (χ4n) is 2.48. The highest BCUT2D eigenvalue weighted by Crippen LogP contribution is 2.32. The lowest BCUT2D eigenvalue weighted by Crippen LogP contribution is -2.45. The first kappa shape index (κ1) is 20.7. The van der Waals surface area contributed by atoms with Gasteiger partial charge in [-0.05, 0) is 43.0 Å². The number of halogens is 1. The van der Waals surface area contributed by atoms with E-state index in [0.717, 1.165) is 12.8 Å². The van der Waals surface area contributed by atoms with Gasteiger partial charge >= 0.3 is 0 Å². The maximum Gasteiger partial charge on any atom is 0.224 e. The van der Waals surface area contributed by atoms with Gasteiger partial charge < -0.3 is 15.8 Å². The highest BCUT2D eigenvalue weighted by molar-refractivity contribution is 7.91. The Hall–Kier alpha value is -1.31. The Labute approximate surface area is 149 Å². The van der Waals surface area contributed by atoms with Gasteiger partial charge in [-0.25, -0.2) is 8.42 Å². The van der Waals surface area contributed by atoms with Crippen molar-refractivity contribution in [2.24, 2.45) is 17.6 Å². The molecule has 1 aliphatic rings. The van der Waals surface area contributed by atoms with Crippen molar-refractivity contribution < 1.29 is 17.9 Å². The molecule has 2 unspecified atom stereocenters. The molecule has 0 saturated heterocycles. The second-order valence-corrected chi connectivity index (χ2v) is 8.08. The van der Waals surface area contributed by atoms with Crippen molar-refractivity contribution in [2.45, 2.75) is 30.7 Å². The van der Waals surface area contributed by atoms with Gasteiger partial charge in [0.05, 0.1) is 17.8 Å². The number of carbonyl (C=O) groups excluding carboxylic acids is 1. The fourth-order valence-corrected chi connectivity index (χ4v) is 4.03. The average molecular weight is 377 g/mol. The summed E-state index contributed by atoms with van der Waals surface area (Å²) in [5.74, 6) is -0.0914. The second kappa shape index (κ2) is 8.69. The molecule has 136 valence electrons. The maximum absolute atomic E-state index is 12.4. The number of hydrogen-bond donors (Lipinski definition) is 2. The first-order valence-corrected chi connectivity index (χ1v) is 9.40. The summed E-state index contributed by atoms with van der Waals surface area (Å²) in [5.41, 5.74) is 5.66. The van der Waals surface area contributed by atoms with Crippen molar-refractivity contribution in [3.8, 4) is 5.75 Å². The largest absolute Gasteiger partial charge is 0.497 e. The number of benzene rings is 1. The van der Waals surface area contributed by atoms with Crippen molar-refractivity contribution in [2.75, 3.05) is 19.4 Å². The van der Waals surface area contributed by atoms with E-state index < -0.39 is 15.8 Å². The van der Waals surface area contributed by atoms with E-state index in [1.54, 1.807) is 19.1 Å². The van der Waals surface area contributed by atoms with Crippen LogP contribution in [0.25, 0.3) is 0 Å². The van der Waals surface area contributed by atoms with Gasteiger partial charge in [-0.2, -0.15) is 0 Å². The molecular weight excluding hydrogens is 352 g/mol. The summed E-state index contributed by atoms with van der Waals surface area (Å²) >= 11 is 0. The molecule has 6 nitrogen and oxygen atoms in total. The van der Waals surface area contributed by atoms with Crippen molar-refractivity contribution in [3.63, 3.8) is 0 Å². The van der Waals surface area contributed by atoms with E-state index in [2.05, 4.69) is 5.32 Å². The molecule has 8 heteroatoms. The third-order valence-electron chi connectivity index (χ3n) is 4.11. The summed E-state index contributed by atoms with van der Waals surface area (Å²) in [6.45, 7) is 2.01. The van der Waals surface area contributed by atoms with Crippen LogP contribution >= 0.6 is 12.4 Å². The number of nitrogens with two attached hydrogens (primary N) is 1. The predicted molar refractivity (Wildman–Crippen MR) is 95.2 cm³/mol. The summed E-state index contributed by atoms with van der Waals surface area (Å²) in [4.78, 5) is 12.4. The Bertz CT molecular complexity index is 645. The Kier molecular flexibility index (Phi) is 7.51. The van der Waals surface area contributed by atoms with Gasteiger partial charge in [0, 0.05) is 18.5 Å². The summed E-state index contributed by atoms with van der Waals surface area (Å²) in [6, 6.07) is 6.12. The van der Waals surface area contributed by atoms with E-state index in [-0.39, 0.29) is 35.0 Å². The summed E-state index contributed by atoms with van der Waals surface area (Å²) < 4.78 is 29.8. The molecule has 1 amide bonds. The van der Waals surface area contributed by atoms with Crippen LogP contribution in [0, 0.1) is 11.8 Å². The molecule has 2 rings (SSSR count). The Balaban J connectivity index is 0.00000288. The van der Waals surface area contributed by atoms with Crippen molar-refractivity contribution in [1.29, 1.82) is 0 Å². The van der Waals surface area contributed by atoms with Gasteiger partial charge in [-0.1, -0.05) is 6.92 Å². The van der Waals surface area contributed by atoms with Gasteiger partial charge in [0.2, 0.25) is 5.91 Å². The van der Waals surface area contributed by atoms with E-state index in [1.165, 1.54) is 19.2 Å². The number of ether oxygens (including phenoxy) is 1. The molecule has 2 atom stereocenters. The number of nitrogens with one attached hydrogen (secondary N) is 1. The highest BCUT2D eigenvalue weighted by atomic mass is 35.5. The zero-order valence-corrected chi connectivity index (χ0v) is 15.5. The number of carbonyl (C=O) groups is 1. The standard InChI is InChI=1S/C16H24N2O4S.ClH/c1-11(16(19)18-15(9-17)12-3-4-12)10-23(20,21)14-7-5-13(22-2)6-8-14;/h5-8,11-12,15H,3-4,9-10,17H2,1-2H3,(H,18,19);1H. The molecular formula is C16H25ClN2O4S. The monoisotopic (exact) mass is 376 g/mol. The van der Waals surface area contributed by atoms with Crippen LogP contribution < -0.4 is 15.8 Å². The van der Waals surface area contributed by atoms with Crippen LogP contribution in [0.4, 0.5) is 0 Å². The SMILES string of the molecule is COc1ccc(S(=O)(=O)CC(C)C(=O)NC(CN)C2CC2)cc1.Cl. The number of methoxy groups -OCH3 is 1. The van der Waals surface area contributed by atoms with Crippen molar-refractivity contribution >= 4 is 28.2 Å². The topological polar surface area (TPSA) is 98.5 Å². The zero-order valence-electron chi connectivity index (χ0n) is 13.9. The summed E-state index contributed by atoms with van der Waals surface area (Å²) in [5, 5.41) is 2.87. The zero-order chi connectivity index (χ0) is 17.0. The smallest absolute Gasteiger partial charge is 0.224 e. The van der Waals surface area contributed by atoms with E-state index in [0.29, 0.717) is 18.2 Å². The van der Waals surface area contributed by atoms with E-state index >= 15 is 0 Å². The number of rotatable bonds is 8. The first-order chi connectivity index (χ1) is 10.9. The number of amides is 1. The first-order valence-electron chi connectivity index (χ1n) is 7.74. The third-order valence-corrected chi connectivity index (χ3v) is 6.04. The molecule has 0 spiro atoms. The summed E-state index contributed by atoms with van der Waals surface area (Å²) in [6.07, 6.45) is 2.14. The lowest BCUT2D eigenvalue weighted by atomic mass is 10.1. The van der Waals surface area contributed by atoms with E-state index in [1.807, 2.05) is 0 Å². The van der Waals surface area contributed by atoms with Crippen LogP contribution in [-0.4, -0.2) is 39.8 Å². The molecule has 0 aromatic heterocycles. The highest BCUT2D eigenvalue weighted by Gasteiger charge is 2.33. The molecule has 1 aliphatic carbocycles. The molecule has 24 heavy (non-hydrogen) atoms. The summed E-state index contributed by atoms with van der Waals surface area (Å²) in [7, 11) is -2.01. The predicted octanol–water partition coefficient (Wildman–Crippen LogP) is 1.38. The number of sulfone groups is 1. The second-order valence-electron chi connectivity index (χ2n) is 6.05. The average Bonchev–Trinajstić information content (AvgIpc) is 3.36. The minimum atomic E-state index is -3.52. The van der Waals surface area contributed by atoms with Crippen LogP contribution in [0.15, 0.2) is 29.2 Å². The minimum Gasteiger partial charge on any atom is -0.497 e. The van der Waals surface area contributed by atoms with Crippen LogP contribution in [-0.2, 0) is 14.6 Å². The molecule has 1 fully saturated rings. The lowest BCUT2D eigenvalue weighted by molar-refractivity contribution is -0.124.